The highest BCUT2D eigenvalue weighted by molar-refractivity contribution is 5.81. The number of hydrogen-bond donors (Lipinski definition) is 1. The van der Waals surface area contributed by atoms with Crippen molar-refractivity contribution in [3.63, 3.8) is 0 Å². The lowest BCUT2D eigenvalue weighted by molar-refractivity contribution is -0.274. The maximum absolute atomic E-state index is 12.3. The van der Waals surface area contributed by atoms with Crippen molar-refractivity contribution >= 4 is 12.1 Å². The Bertz CT molecular complexity index is 1050. The minimum Gasteiger partial charge on any atom is -0.490 e. The number of halogens is 3. The van der Waals surface area contributed by atoms with Crippen molar-refractivity contribution in [3.8, 4) is 17.5 Å². The van der Waals surface area contributed by atoms with Crippen molar-refractivity contribution < 1.29 is 32.2 Å². The predicted octanol–water partition coefficient (Wildman–Crippen LogP) is 3.85. The maximum atomic E-state index is 12.3. The number of anilines is 1. The summed E-state index contributed by atoms with van der Waals surface area (Å²) in [6, 6.07) is 9.12. The number of rotatable bonds is 10. The van der Waals surface area contributed by atoms with Crippen molar-refractivity contribution in [2.75, 3.05) is 25.6 Å². The summed E-state index contributed by atoms with van der Waals surface area (Å²) in [4.78, 5) is 20.2. The van der Waals surface area contributed by atoms with Crippen LogP contribution >= 0.6 is 0 Å². The molecule has 2 aromatic heterocycles. The standard InChI is InChI=1S/C21H21F3N4O4/c1-14-6-7-15(11-26-14)12-28-18(13-29)19(25-2)27-20(28)31-9-8-30-16-4-3-5-17(10-16)32-21(22,23)24/h3-7,10-11,13,25H,8-9,12H2,1-2H3. The van der Waals surface area contributed by atoms with Crippen LogP contribution < -0.4 is 19.5 Å². The average Bonchev–Trinajstić information content (AvgIpc) is 3.08. The Balaban J connectivity index is 1.66. The van der Waals surface area contributed by atoms with Crippen LogP contribution in [-0.2, 0) is 6.54 Å². The van der Waals surface area contributed by atoms with E-state index < -0.39 is 6.36 Å². The monoisotopic (exact) mass is 450 g/mol. The molecule has 0 atom stereocenters. The van der Waals surface area contributed by atoms with E-state index in [1.54, 1.807) is 17.8 Å². The van der Waals surface area contributed by atoms with Crippen LogP contribution in [0, 0.1) is 6.92 Å². The first-order chi connectivity index (χ1) is 15.3. The lowest BCUT2D eigenvalue weighted by atomic mass is 10.2. The van der Waals surface area contributed by atoms with Gasteiger partial charge in [-0.05, 0) is 30.7 Å². The molecule has 0 fully saturated rings. The van der Waals surface area contributed by atoms with E-state index in [0.29, 0.717) is 24.3 Å². The van der Waals surface area contributed by atoms with E-state index in [1.165, 1.54) is 18.2 Å². The highest BCUT2D eigenvalue weighted by Gasteiger charge is 2.31. The maximum Gasteiger partial charge on any atom is 0.573 e. The molecule has 0 aliphatic heterocycles. The Kier molecular flexibility index (Phi) is 7.18. The second kappa shape index (κ2) is 10.0. The van der Waals surface area contributed by atoms with Crippen LogP contribution in [-0.4, -0.2) is 47.4 Å². The summed E-state index contributed by atoms with van der Waals surface area (Å²) in [5.41, 5.74) is 2.02. The fourth-order valence-corrected chi connectivity index (χ4v) is 2.84. The first-order valence-electron chi connectivity index (χ1n) is 9.55. The highest BCUT2D eigenvalue weighted by atomic mass is 19.4. The molecular formula is C21H21F3N4O4. The number of ether oxygens (including phenoxy) is 3. The number of alkyl halides is 3. The minimum atomic E-state index is -4.78. The second-order valence-electron chi connectivity index (χ2n) is 6.61. The summed E-state index contributed by atoms with van der Waals surface area (Å²) in [5, 5.41) is 2.85. The van der Waals surface area contributed by atoms with Crippen molar-refractivity contribution in [2.24, 2.45) is 0 Å². The summed E-state index contributed by atoms with van der Waals surface area (Å²) in [6.07, 6.45) is -2.41. The zero-order valence-electron chi connectivity index (χ0n) is 17.3. The van der Waals surface area contributed by atoms with Crippen molar-refractivity contribution in [1.82, 2.24) is 14.5 Å². The Morgan fingerprint density at radius 1 is 1.12 bits per heavy atom. The number of aromatic nitrogens is 3. The Labute approximate surface area is 182 Å². The molecule has 1 N–H and O–H groups in total. The van der Waals surface area contributed by atoms with Gasteiger partial charge in [0.15, 0.2) is 12.1 Å². The Morgan fingerprint density at radius 3 is 2.53 bits per heavy atom. The van der Waals surface area contributed by atoms with E-state index >= 15 is 0 Å². The number of carbonyl (C=O) groups is 1. The molecule has 32 heavy (non-hydrogen) atoms. The van der Waals surface area contributed by atoms with Gasteiger partial charge in [-0.2, -0.15) is 4.98 Å². The molecule has 0 unspecified atom stereocenters. The van der Waals surface area contributed by atoms with Crippen molar-refractivity contribution in [1.29, 1.82) is 0 Å². The smallest absolute Gasteiger partial charge is 0.490 e. The quantitative estimate of drug-likeness (QED) is 0.371. The first kappa shape index (κ1) is 22.9. The number of carbonyl (C=O) groups excluding carboxylic acids is 1. The third kappa shape index (κ3) is 6.13. The fourth-order valence-electron chi connectivity index (χ4n) is 2.84. The molecule has 0 spiro atoms. The van der Waals surface area contributed by atoms with Gasteiger partial charge >= 0.3 is 6.36 Å². The molecule has 0 aliphatic carbocycles. The van der Waals surface area contributed by atoms with Gasteiger partial charge in [0.25, 0.3) is 6.01 Å². The van der Waals surface area contributed by atoms with Crippen LogP contribution in [0.2, 0.25) is 0 Å². The number of pyridine rings is 1. The lowest BCUT2D eigenvalue weighted by Crippen LogP contribution is -2.17. The van der Waals surface area contributed by atoms with Crippen molar-refractivity contribution in [2.45, 2.75) is 19.8 Å². The number of nitrogens with one attached hydrogen (secondary N) is 1. The highest BCUT2D eigenvalue weighted by Crippen LogP contribution is 2.26. The topological polar surface area (TPSA) is 87.5 Å². The van der Waals surface area contributed by atoms with Gasteiger partial charge in [-0.3, -0.25) is 14.3 Å². The SMILES string of the molecule is CNc1nc(OCCOc2cccc(OC(F)(F)F)c2)n(Cc2ccc(C)nc2)c1C=O. The van der Waals surface area contributed by atoms with Crippen LogP contribution in [0.4, 0.5) is 19.0 Å². The molecule has 3 aromatic rings. The molecular weight excluding hydrogens is 429 g/mol. The largest absolute Gasteiger partial charge is 0.573 e. The summed E-state index contributed by atoms with van der Waals surface area (Å²) in [6.45, 7) is 2.24. The molecule has 0 saturated heterocycles. The van der Waals surface area contributed by atoms with Crippen LogP contribution in [0.15, 0.2) is 42.6 Å². The zero-order valence-corrected chi connectivity index (χ0v) is 17.3. The van der Waals surface area contributed by atoms with Gasteiger partial charge in [-0.1, -0.05) is 12.1 Å². The number of aryl methyl sites for hydroxylation is 1. The fraction of sp³-hybridized carbons (Fsp3) is 0.286. The van der Waals surface area contributed by atoms with Gasteiger partial charge < -0.3 is 19.5 Å². The first-order valence-corrected chi connectivity index (χ1v) is 9.55. The van der Waals surface area contributed by atoms with Gasteiger partial charge in [0.1, 0.15) is 30.4 Å². The molecule has 8 nitrogen and oxygen atoms in total. The third-order valence-corrected chi connectivity index (χ3v) is 4.26. The van der Waals surface area contributed by atoms with Gasteiger partial charge in [0.2, 0.25) is 0 Å². The third-order valence-electron chi connectivity index (χ3n) is 4.26. The average molecular weight is 450 g/mol. The number of aldehydes is 1. The van der Waals surface area contributed by atoms with E-state index in [9.17, 15) is 18.0 Å². The van der Waals surface area contributed by atoms with Crippen molar-refractivity contribution in [3.05, 3.63) is 59.5 Å². The molecule has 0 bridgehead atoms. The van der Waals surface area contributed by atoms with Gasteiger partial charge in [0.05, 0.1) is 6.54 Å². The predicted molar refractivity (Wildman–Crippen MR) is 109 cm³/mol. The van der Waals surface area contributed by atoms with E-state index in [1.807, 2.05) is 19.1 Å². The molecule has 0 saturated carbocycles. The molecule has 0 radical (unpaired) electrons. The summed E-state index contributed by atoms with van der Waals surface area (Å²) in [5.74, 6) is 0.161. The Morgan fingerprint density at radius 2 is 1.88 bits per heavy atom. The lowest BCUT2D eigenvalue weighted by Gasteiger charge is -2.12. The number of nitrogens with zero attached hydrogens (tertiary/aromatic N) is 3. The molecule has 2 heterocycles. The van der Waals surface area contributed by atoms with Crippen LogP contribution in [0.3, 0.4) is 0 Å². The number of benzene rings is 1. The number of imidazole rings is 1. The van der Waals surface area contributed by atoms with Crippen LogP contribution in [0.25, 0.3) is 0 Å². The minimum absolute atomic E-state index is 0.0275. The van der Waals surface area contributed by atoms with Gasteiger partial charge in [-0.25, -0.2) is 0 Å². The van der Waals surface area contributed by atoms with Gasteiger partial charge in [0, 0.05) is 25.0 Å². The van der Waals surface area contributed by atoms with E-state index in [4.69, 9.17) is 9.47 Å². The summed E-state index contributed by atoms with van der Waals surface area (Å²) >= 11 is 0. The van der Waals surface area contributed by atoms with Crippen LogP contribution in [0.5, 0.6) is 17.5 Å². The van der Waals surface area contributed by atoms with Gasteiger partial charge in [-0.15, -0.1) is 13.2 Å². The molecule has 0 amide bonds. The zero-order chi connectivity index (χ0) is 23.1. The molecule has 170 valence electrons. The summed E-state index contributed by atoms with van der Waals surface area (Å²) < 4.78 is 53.6. The molecule has 11 heteroatoms. The molecule has 1 aromatic carbocycles. The molecule has 3 rings (SSSR count). The van der Waals surface area contributed by atoms with E-state index in [-0.39, 0.29) is 30.7 Å². The number of hydrogen-bond acceptors (Lipinski definition) is 7. The van der Waals surface area contributed by atoms with E-state index in [0.717, 1.165) is 17.3 Å². The normalized spacial score (nSPS) is 11.2. The second-order valence-corrected chi connectivity index (χ2v) is 6.61. The summed E-state index contributed by atoms with van der Waals surface area (Å²) in [7, 11) is 1.63. The molecule has 0 aliphatic rings. The van der Waals surface area contributed by atoms with E-state index in [2.05, 4.69) is 20.0 Å². The Hall–Kier alpha value is -3.76. The van der Waals surface area contributed by atoms with Crippen LogP contribution in [0.1, 0.15) is 21.7 Å².